The van der Waals surface area contributed by atoms with E-state index in [2.05, 4.69) is 55.6 Å². The van der Waals surface area contributed by atoms with E-state index in [9.17, 15) is 0 Å². The van der Waals surface area contributed by atoms with Crippen LogP contribution in [0, 0.1) is 0 Å². The Kier molecular flexibility index (Phi) is 4.48. The molecule has 2 aromatic carbocycles. The van der Waals surface area contributed by atoms with Crippen molar-refractivity contribution in [2.24, 2.45) is 0 Å². The maximum Gasteiger partial charge on any atom is 0.0381 e. The van der Waals surface area contributed by atoms with E-state index in [1.54, 1.807) is 11.8 Å². The van der Waals surface area contributed by atoms with E-state index in [0.717, 1.165) is 5.69 Å². The molecule has 0 radical (unpaired) electrons. The number of hydrogen-bond donors (Lipinski definition) is 1. The Morgan fingerprint density at radius 1 is 0.833 bits per heavy atom. The lowest BCUT2D eigenvalue weighted by Crippen LogP contribution is -1.96. The Labute approximate surface area is 113 Å². The zero-order chi connectivity index (χ0) is 12.8. The summed E-state index contributed by atoms with van der Waals surface area (Å²) in [5, 5.41) is 3.42. The topological polar surface area (TPSA) is 12.0 Å². The molecule has 0 saturated carbocycles. The number of para-hydroxylation sites is 1. The summed E-state index contributed by atoms with van der Waals surface area (Å²) in [6, 6.07) is 20.7. The van der Waals surface area contributed by atoms with Crippen LogP contribution in [0.4, 0.5) is 5.69 Å². The van der Waals surface area contributed by atoms with Gasteiger partial charge in [0.05, 0.1) is 0 Å². The normalized spacial score (nSPS) is 11.9. The van der Waals surface area contributed by atoms with Crippen LogP contribution in [-0.2, 0) is 0 Å². The maximum absolute atomic E-state index is 3.42. The van der Waals surface area contributed by atoms with Gasteiger partial charge in [-0.25, -0.2) is 0 Å². The van der Waals surface area contributed by atoms with Gasteiger partial charge in [-0.15, -0.1) is 0 Å². The highest BCUT2D eigenvalue weighted by Crippen LogP contribution is 2.28. The number of anilines is 1. The first-order chi connectivity index (χ1) is 8.75. The fourth-order valence-electron chi connectivity index (χ4n) is 1.57. The SMILES string of the molecule is C/C(Nc1ccccc1)=C(/C)Sc1ccccc1. The van der Waals surface area contributed by atoms with Crippen LogP contribution in [0.3, 0.4) is 0 Å². The predicted octanol–water partition coefficient (Wildman–Crippen LogP) is 5.14. The summed E-state index contributed by atoms with van der Waals surface area (Å²) in [4.78, 5) is 2.55. The molecule has 0 aromatic heterocycles. The van der Waals surface area contributed by atoms with Crippen molar-refractivity contribution >= 4 is 17.4 Å². The smallest absolute Gasteiger partial charge is 0.0381 e. The number of thioether (sulfide) groups is 1. The highest BCUT2D eigenvalue weighted by atomic mass is 32.2. The van der Waals surface area contributed by atoms with Gasteiger partial charge in [0.25, 0.3) is 0 Å². The highest BCUT2D eigenvalue weighted by molar-refractivity contribution is 8.03. The van der Waals surface area contributed by atoms with E-state index in [0.29, 0.717) is 0 Å². The lowest BCUT2D eigenvalue weighted by atomic mass is 10.3. The molecule has 0 aliphatic carbocycles. The van der Waals surface area contributed by atoms with Crippen LogP contribution in [0.1, 0.15) is 13.8 Å². The minimum atomic E-state index is 1.13. The quantitative estimate of drug-likeness (QED) is 0.759. The second kappa shape index (κ2) is 6.31. The Morgan fingerprint density at radius 3 is 2.00 bits per heavy atom. The summed E-state index contributed by atoms with van der Waals surface area (Å²) < 4.78 is 0. The third-order valence-electron chi connectivity index (χ3n) is 2.65. The molecule has 2 aromatic rings. The second-order valence-corrected chi connectivity index (χ2v) is 5.38. The summed E-state index contributed by atoms with van der Waals surface area (Å²) in [6.45, 7) is 4.25. The van der Waals surface area contributed by atoms with E-state index < -0.39 is 0 Å². The van der Waals surface area contributed by atoms with Crippen molar-refractivity contribution in [1.82, 2.24) is 0 Å². The van der Waals surface area contributed by atoms with Gasteiger partial charge in [-0.05, 0) is 38.1 Å². The largest absolute Gasteiger partial charge is 0.358 e. The van der Waals surface area contributed by atoms with E-state index in [1.165, 1.54) is 15.5 Å². The van der Waals surface area contributed by atoms with Crippen molar-refractivity contribution in [1.29, 1.82) is 0 Å². The molecule has 18 heavy (non-hydrogen) atoms. The van der Waals surface area contributed by atoms with Crippen LogP contribution in [0.5, 0.6) is 0 Å². The average Bonchev–Trinajstić information content (AvgIpc) is 2.41. The van der Waals surface area contributed by atoms with Crippen LogP contribution in [0.2, 0.25) is 0 Å². The predicted molar refractivity (Wildman–Crippen MR) is 80.7 cm³/mol. The second-order valence-electron chi connectivity index (χ2n) is 4.09. The van der Waals surface area contributed by atoms with Crippen molar-refractivity contribution < 1.29 is 0 Å². The van der Waals surface area contributed by atoms with Crippen LogP contribution >= 0.6 is 11.8 Å². The molecule has 2 rings (SSSR count). The lowest BCUT2D eigenvalue weighted by Gasteiger charge is -2.10. The molecule has 0 atom stereocenters. The fourth-order valence-corrected chi connectivity index (χ4v) is 2.42. The zero-order valence-corrected chi connectivity index (χ0v) is 11.5. The maximum atomic E-state index is 3.42. The molecular weight excluding hydrogens is 238 g/mol. The number of rotatable bonds is 4. The summed E-state index contributed by atoms with van der Waals surface area (Å²) in [7, 11) is 0. The Hall–Kier alpha value is -1.67. The molecule has 0 aliphatic heterocycles. The van der Waals surface area contributed by atoms with Crippen LogP contribution < -0.4 is 5.32 Å². The molecule has 0 amide bonds. The van der Waals surface area contributed by atoms with Crippen molar-refractivity contribution in [3.8, 4) is 0 Å². The molecule has 0 spiro atoms. The van der Waals surface area contributed by atoms with Crippen LogP contribution in [0.25, 0.3) is 0 Å². The standard InChI is InChI=1S/C16H17NS/c1-13(17-15-9-5-3-6-10-15)14(2)18-16-11-7-4-8-12-16/h3-12,17H,1-2H3/b14-13+. The molecule has 0 fully saturated rings. The first kappa shape index (κ1) is 12.8. The average molecular weight is 255 g/mol. The summed E-state index contributed by atoms with van der Waals surface area (Å²) >= 11 is 1.79. The molecule has 0 bridgehead atoms. The van der Waals surface area contributed by atoms with Crippen molar-refractivity contribution in [2.45, 2.75) is 18.7 Å². The zero-order valence-electron chi connectivity index (χ0n) is 10.7. The molecule has 0 unspecified atom stereocenters. The highest BCUT2D eigenvalue weighted by Gasteiger charge is 2.00. The first-order valence-corrected chi connectivity index (χ1v) is 6.80. The number of hydrogen-bond acceptors (Lipinski definition) is 2. The minimum absolute atomic E-state index is 1.13. The van der Waals surface area contributed by atoms with Gasteiger partial charge >= 0.3 is 0 Å². The van der Waals surface area contributed by atoms with Gasteiger partial charge in [0.15, 0.2) is 0 Å². The molecule has 0 aliphatic rings. The Bertz CT molecular complexity index is 468. The van der Waals surface area contributed by atoms with Crippen LogP contribution in [0.15, 0.2) is 76.2 Å². The van der Waals surface area contributed by atoms with Gasteiger partial charge in [0.2, 0.25) is 0 Å². The molecule has 1 nitrogen and oxygen atoms in total. The fraction of sp³-hybridized carbons (Fsp3) is 0.125. The monoisotopic (exact) mass is 255 g/mol. The molecule has 92 valence electrons. The van der Waals surface area contributed by atoms with Gasteiger partial charge in [0.1, 0.15) is 0 Å². The Balaban J connectivity index is 2.06. The van der Waals surface area contributed by atoms with Gasteiger partial charge in [-0.1, -0.05) is 48.2 Å². The summed E-state index contributed by atoms with van der Waals surface area (Å²) in [6.07, 6.45) is 0. The number of benzene rings is 2. The Morgan fingerprint density at radius 2 is 1.39 bits per heavy atom. The number of allylic oxidation sites excluding steroid dienone is 2. The van der Waals surface area contributed by atoms with Gasteiger partial charge in [-0.3, -0.25) is 0 Å². The molecule has 0 heterocycles. The molecule has 2 heteroatoms. The third kappa shape index (κ3) is 3.67. The van der Waals surface area contributed by atoms with Crippen molar-refractivity contribution in [3.63, 3.8) is 0 Å². The van der Waals surface area contributed by atoms with E-state index in [-0.39, 0.29) is 0 Å². The van der Waals surface area contributed by atoms with Gasteiger partial charge < -0.3 is 5.32 Å². The summed E-state index contributed by atoms with van der Waals surface area (Å²) in [5.41, 5.74) is 2.32. The van der Waals surface area contributed by atoms with Gasteiger partial charge in [-0.2, -0.15) is 0 Å². The minimum Gasteiger partial charge on any atom is -0.358 e. The van der Waals surface area contributed by atoms with E-state index >= 15 is 0 Å². The first-order valence-electron chi connectivity index (χ1n) is 5.98. The van der Waals surface area contributed by atoms with E-state index in [4.69, 9.17) is 0 Å². The summed E-state index contributed by atoms with van der Waals surface area (Å²) in [5.74, 6) is 0. The molecule has 1 N–H and O–H groups in total. The van der Waals surface area contributed by atoms with Crippen molar-refractivity contribution in [2.75, 3.05) is 5.32 Å². The van der Waals surface area contributed by atoms with Gasteiger partial charge in [0, 0.05) is 21.2 Å². The number of nitrogens with one attached hydrogen (secondary N) is 1. The lowest BCUT2D eigenvalue weighted by molar-refractivity contribution is 1.33. The molecule has 0 saturated heterocycles. The van der Waals surface area contributed by atoms with Crippen LogP contribution in [-0.4, -0.2) is 0 Å². The third-order valence-corrected chi connectivity index (χ3v) is 3.77. The van der Waals surface area contributed by atoms with Crippen molar-refractivity contribution in [3.05, 3.63) is 71.3 Å². The molecular formula is C16H17NS. The van der Waals surface area contributed by atoms with E-state index in [1.807, 2.05) is 24.3 Å².